The number of aryl methyl sites for hydroxylation is 3. The highest BCUT2D eigenvalue weighted by Gasteiger charge is 2.36. The third-order valence-corrected chi connectivity index (χ3v) is 4.60. The summed E-state index contributed by atoms with van der Waals surface area (Å²) < 4.78 is 7.58. The van der Waals surface area contributed by atoms with E-state index in [4.69, 9.17) is 4.74 Å². The first kappa shape index (κ1) is 17.4. The van der Waals surface area contributed by atoms with Crippen LogP contribution in [0.15, 0.2) is 18.7 Å². The van der Waals surface area contributed by atoms with Crippen LogP contribution in [0.4, 0.5) is 0 Å². The Morgan fingerprint density at radius 2 is 2.32 bits per heavy atom. The molecule has 0 aliphatic carbocycles. The Hall–Kier alpha value is -2.41. The van der Waals surface area contributed by atoms with E-state index < -0.39 is 0 Å². The number of fused-ring (bicyclic) bond motifs is 1. The van der Waals surface area contributed by atoms with Gasteiger partial charge in [-0.25, -0.2) is 4.68 Å². The number of carbonyl (C=O) groups excluding carboxylic acids is 1. The van der Waals surface area contributed by atoms with Crippen LogP contribution in [0, 0.1) is 13.8 Å². The minimum atomic E-state index is -0.230. The fourth-order valence-corrected chi connectivity index (χ4v) is 3.42. The molecule has 25 heavy (non-hydrogen) atoms. The lowest BCUT2D eigenvalue weighted by molar-refractivity contribution is 0.0436. The molecule has 3 rings (SSSR count). The summed E-state index contributed by atoms with van der Waals surface area (Å²) in [7, 11) is 0. The number of ether oxygens (including phenoxy) is 1. The molecule has 7 nitrogen and oxygen atoms in total. The summed E-state index contributed by atoms with van der Waals surface area (Å²) in [5.41, 5.74) is 4.51. The molecule has 1 amide bonds. The molecule has 0 fully saturated rings. The molecule has 0 saturated carbocycles. The second-order valence-corrected chi connectivity index (χ2v) is 6.32. The van der Waals surface area contributed by atoms with Crippen LogP contribution in [0.1, 0.15) is 46.1 Å². The van der Waals surface area contributed by atoms with E-state index in [0.717, 1.165) is 35.7 Å². The van der Waals surface area contributed by atoms with E-state index in [9.17, 15) is 4.79 Å². The van der Waals surface area contributed by atoms with Crippen LogP contribution >= 0.6 is 0 Å². The molecule has 1 aliphatic heterocycles. The quantitative estimate of drug-likeness (QED) is 0.644. The zero-order chi connectivity index (χ0) is 18.0. The Morgan fingerprint density at radius 3 is 2.96 bits per heavy atom. The molecule has 7 heteroatoms. The number of H-pyrrole nitrogens is 1. The van der Waals surface area contributed by atoms with E-state index in [2.05, 4.69) is 21.9 Å². The Labute approximate surface area is 147 Å². The normalized spacial score (nSPS) is 16.8. The van der Waals surface area contributed by atoms with Crippen molar-refractivity contribution in [3.8, 4) is 0 Å². The van der Waals surface area contributed by atoms with E-state index in [1.54, 1.807) is 6.08 Å². The summed E-state index contributed by atoms with van der Waals surface area (Å²) in [6, 6.07) is 1.67. The standard InChI is InChI=1S/C18H25N5O2/c1-5-9-25-11-16-17-15(23(6-2)21-20-17)7-8-22(16)18(24)14-10-12(3)19-13(14)4/h5,10,16,19H,1,6-9,11H2,2-4H3/t16-/m0/s1. The van der Waals surface area contributed by atoms with Gasteiger partial charge in [-0.1, -0.05) is 11.3 Å². The number of hydrogen-bond acceptors (Lipinski definition) is 4. The van der Waals surface area contributed by atoms with Gasteiger partial charge in [0.15, 0.2) is 0 Å². The van der Waals surface area contributed by atoms with Crippen molar-refractivity contribution < 1.29 is 9.53 Å². The molecule has 0 unspecified atom stereocenters. The zero-order valence-corrected chi connectivity index (χ0v) is 15.1. The van der Waals surface area contributed by atoms with Gasteiger partial charge < -0.3 is 14.6 Å². The number of rotatable bonds is 6. The molecule has 2 aromatic rings. The molecule has 1 aliphatic rings. The molecular formula is C18H25N5O2. The molecule has 0 aromatic carbocycles. The van der Waals surface area contributed by atoms with Crippen molar-refractivity contribution in [2.45, 2.75) is 39.8 Å². The van der Waals surface area contributed by atoms with Crippen LogP contribution in [0.3, 0.4) is 0 Å². The van der Waals surface area contributed by atoms with Crippen LogP contribution in [0.25, 0.3) is 0 Å². The Balaban J connectivity index is 1.92. The monoisotopic (exact) mass is 343 g/mol. The van der Waals surface area contributed by atoms with E-state index in [1.807, 2.05) is 36.4 Å². The number of aromatic amines is 1. The molecule has 0 spiro atoms. The molecule has 0 bridgehead atoms. The highest BCUT2D eigenvalue weighted by molar-refractivity contribution is 5.96. The topological polar surface area (TPSA) is 76.0 Å². The fourth-order valence-electron chi connectivity index (χ4n) is 3.42. The van der Waals surface area contributed by atoms with Gasteiger partial charge in [0.05, 0.1) is 24.5 Å². The van der Waals surface area contributed by atoms with Crippen molar-refractivity contribution >= 4 is 5.91 Å². The van der Waals surface area contributed by atoms with Crippen LogP contribution in [0.5, 0.6) is 0 Å². The number of nitrogens with one attached hydrogen (secondary N) is 1. The number of amides is 1. The maximum atomic E-state index is 13.1. The molecule has 0 radical (unpaired) electrons. The molecule has 1 atom stereocenters. The summed E-state index contributed by atoms with van der Waals surface area (Å²) in [5, 5.41) is 8.58. The first-order valence-corrected chi connectivity index (χ1v) is 8.64. The SMILES string of the molecule is C=CCOC[C@H]1c2nnn(CC)c2CCN1C(=O)c1cc(C)[nH]c1C. The zero-order valence-electron chi connectivity index (χ0n) is 15.1. The van der Waals surface area contributed by atoms with Gasteiger partial charge in [0.2, 0.25) is 0 Å². The highest BCUT2D eigenvalue weighted by Crippen LogP contribution is 2.30. The summed E-state index contributed by atoms with van der Waals surface area (Å²) in [5.74, 6) is 0.00533. The summed E-state index contributed by atoms with van der Waals surface area (Å²) >= 11 is 0. The third kappa shape index (κ3) is 3.24. The lowest BCUT2D eigenvalue weighted by Crippen LogP contribution is -2.42. The van der Waals surface area contributed by atoms with Gasteiger partial charge in [-0.05, 0) is 26.8 Å². The van der Waals surface area contributed by atoms with Crippen LogP contribution < -0.4 is 0 Å². The minimum absolute atomic E-state index is 0.00533. The summed E-state index contributed by atoms with van der Waals surface area (Å²) in [6.45, 7) is 11.8. The fraction of sp³-hybridized carbons (Fsp3) is 0.500. The Morgan fingerprint density at radius 1 is 1.52 bits per heavy atom. The maximum Gasteiger partial charge on any atom is 0.256 e. The molecule has 3 heterocycles. The van der Waals surface area contributed by atoms with Gasteiger partial charge in [-0.2, -0.15) is 0 Å². The first-order valence-electron chi connectivity index (χ1n) is 8.64. The lowest BCUT2D eigenvalue weighted by atomic mass is 10.0. The average molecular weight is 343 g/mol. The third-order valence-electron chi connectivity index (χ3n) is 4.60. The van der Waals surface area contributed by atoms with Gasteiger partial charge in [-0.15, -0.1) is 11.7 Å². The lowest BCUT2D eigenvalue weighted by Gasteiger charge is -2.34. The van der Waals surface area contributed by atoms with Crippen molar-refractivity contribution in [2.24, 2.45) is 0 Å². The summed E-state index contributed by atoms with van der Waals surface area (Å²) in [6.07, 6.45) is 2.46. The maximum absolute atomic E-state index is 13.1. The highest BCUT2D eigenvalue weighted by atomic mass is 16.5. The van der Waals surface area contributed by atoms with Crippen molar-refractivity contribution in [1.29, 1.82) is 0 Å². The largest absolute Gasteiger partial charge is 0.375 e. The first-order chi connectivity index (χ1) is 12.1. The van der Waals surface area contributed by atoms with E-state index >= 15 is 0 Å². The predicted molar refractivity (Wildman–Crippen MR) is 94.5 cm³/mol. The van der Waals surface area contributed by atoms with Crippen molar-refractivity contribution in [3.05, 3.63) is 47.1 Å². The second-order valence-electron chi connectivity index (χ2n) is 6.32. The van der Waals surface area contributed by atoms with Gasteiger partial charge in [0.25, 0.3) is 5.91 Å². The van der Waals surface area contributed by atoms with Gasteiger partial charge in [0.1, 0.15) is 11.7 Å². The van der Waals surface area contributed by atoms with Crippen LogP contribution in [-0.4, -0.2) is 50.5 Å². The van der Waals surface area contributed by atoms with E-state index in [-0.39, 0.29) is 11.9 Å². The predicted octanol–water partition coefficient (Wildman–Crippen LogP) is 2.19. The smallest absolute Gasteiger partial charge is 0.256 e. The van der Waals surface area contributed by atoms with E-state index in [0.29, 0.717) is 25.3 Å². The van der Waals surface area contributed by atoms with Crippen molar-refractivity contribution in [2.75, 3.05) is 19.8 Å². The van der Waals surface area contributed by atoms with Gasteiger partial charge in [-0.3, -0.25) is 4.79 Å². The molecule has 134 valence electrons. The number of hydrogen-bond donors (Lipinski definition) is 1. The molecule has 2 aromatic heterocycles. The number of aromatic nitrogens is 4. The second kappa shape index (κ2) is 7.23. The molecular weight excluding hydrogens is 318 g/mol. The van der Waals surface area contributed by atoms with Gasteiger partial charge in [0, 0.05) is 30.9 Å². The van der Waals surface area contributed by atoms with Gasteiger partial charge >= 0.3 is 0 Å². The van der Waals surface area contributed by atoms with Crippen molar-refractivity contribution in [1.82, 2.24) is 24.9 Å². The van der Waals surface area contributed by atoms with Crippen LogP contribution in [0.2, 0.25) is 0 Å². The number of nitrogens with zero attached hydrogens (tertiary/aromatic N) is 4. The molecule has 0 saturated heterocycles. The molecule has 1 N–H and O–H groups in total. The van der Waals surface area contributed by atoms with E-state index in [1.165, 1.54) is 0 Å². The van der Waals surface area contributed by atoms with Crippen LogP contribution in [-0.2, 0) is 17.7 Å². The minimum Gasteiger partial charge on any atom is -0.375 e. The Kier molecular flexibility index (Phi) is 5.03. The Bertz CT molecular complexity index is 777. The summed E-state index contributed by atoms with van der Waals surface area (Å²) in [4.78, 5) is 18.2. The number of carbonyl (C=O) groups is 1. The average Bonchev–Trinajstić information content (AvgIpc) is 3.17. The van der Waals surface area contributed by atoms with Crippen molar-refractivity contribution in [3.63, 3.8) is 0 Å².